The quantitative estimate of drug-likeness (QED) is 0.776. The summed E-state index contributed by atoms with van der Waals surface area (Å²) in [6.45, 7) is 1.12. The fraction of sp³-hybridized carbons (Fsp3) is 0.222. The number of imidazole rings is 1. The van der Waals surface area contributed by atoms with Crippen molar-refractivity contribution in [1.82, 2.24) is 24.6 Å². The number of rotatable bonds is 2. The smallest absolute Gasteiger partial charge is 0.272 e. The van der Waals surface area contributed by atoms with Crippen LogP contribution in [-0.2, 0) is 20.0 Å². The van der Waals surface area contributed by atoms with Gasteiger partial charge >= 0.3 is 0 Å². The van der Waals surface area contributed by atoms with E-state index < -0.39 is 0 Å². The lowest BCUT2D eigenvalue weighted by Gasteiger charge is -2.27. The van der Waals surface area contributed by atoms with Gasteiger partial charge in [-0.15, -0.1) is 0 Å². The summed E-state index contributed by atoms with van der Waals surface area (Å²) in [5, 5.41) is 16.6. The second-order valence-corrected chi connectivity index (χ2v) is 6.09. The van der Waals surface area contributed by atoms with Gasteiger partial charge in [-0.3, -0.25) is 9.89 Å². The zero-order chi connectivity index (χ0) is 17.4. The number of benzene rings is 1. The van der Waals surface area contributed by atoms with Crippen molar-refractivity contribution >= 4 is 5.91 Å². The predicted molar refractivity (Wildman–Crippen MR) is 90.4 cm³/mol. The van der Waals surface area contributed by atoms with Crippen molar-refractivity contribution in [3.05, 3.63) is 59.3 Å². The molecule has 0 fully saturated rings. The van der Waals surface area contributed by atoms with E-state index in [-0.39, 0.29) is 5.91 Å². The van der Waals surface area contributed by atoms with Gasteiger partial charge in [-0.2, -0.15) is 10.4 Å². The first-order valence-electron chi connectivity index (χ1n) is 7.99. The van der Waals surface area contributed by atoms with Crippen LogP contribution in [0.1, 0.15) is 27.3 Å². The van der Waals surface area contributed by atoms with E-state index in [2.05, 4.69) is 21.3 Å². The highest BCUT2D eigenvalue weighted by molar-refractivity contribution is 5.92. The average Bonchev–Trinajstić information content (AvgIpc) is 3.26. The fourth-order valence-corrected chi connectivity index (χ4v) is 3.17. The van der Waals surface area contributed by atoms with Crippen molar-refractivity contribution in [2.45, 2.75) is 13.0 Å². The Hall–Kier alpha value is -3.40. The van der Waals surface area contributed by atoms with Gasteiger partial charge in [0.1, 0.15) is 5.69 Å². The van der Waals surface area contributed by atoms with E-state index in [0.717, 1.165) is 28.9 Å². The zero-order valence-corrected chi connectivity index (χ0v) is 13.7. The molecule has 7 nitrogen and oxygen atoms in total. The first kappa shape index (κ1) is 15.1. The molecule has 124 valence electrons. The molecule has 3 aromatic rings. The van der Waals surface area contributed by atoms with Crippen LogP contribution in [-0.4, -0.2) is 37.1 Å². The minimum absolute atomic E-state index is 0.0384. The van der Waals surface area contributed by atoms with E-state index in [9.17, 15) is 4.79 Å². The molecule has 1 aliphatic rings. The van der Waals surface area contributed by atoms with Gasteiger partial charge in [0.15, 0.2) is 0 Å². The molecule has 0 radical (unpaired) electrons. The highest BCUT2D eigenvalue weighted by Gasteiger charge is 2.27. The fourth-order valence-electron chi connectivity index (χ4n) is 3.17. The summed E-state index contributed by atoms with van der Waals surface area (Å²) in [6.07, 6.45) is 3.94. The topological polar surface area (TPSA) is 90.6 Å². The van der Waals surface area contributed by atoms with Crippen LogP contribution in [0.2, 0.25) is 0 Å². The van der Waals surface area contributed by atoms with Crippen LogP contribution in [0.5, 0.6) is 0 Å². The molecule has 25 heavy (non-hydrogen) atoms. The number of H-pyrrole nitrogens is 1. The SMILES string of the molecule is Cn1cncc1C(=O)N1CCc2[nH]nc(-c3cccc(C#N)c3)c2C1. The first-order valence-corrected chi connectivity index (χ1v) is 7.99. The first-order chi connectivity index (χ1) is 12.2. The second kappa shape index (κ2) is 5.91. The maximum Gasteiger partial charge on any atom is 0.272 e. The van der Waals surface area contributed by atoms with Crippen LogP contribution in [0.15, 0.2) is 36.8 Å². The maximum atomic E-state index is 12.8. The Balaban J connectivity index is 1.67. The van der Waals surface area contributed by atoms with E-state index in [1.54, 1.807) is 23.2 Å². The van der Waals surface area contributed by atoms with Crippen LogP contribution in [0.4, 0.5) is 0 Å². The minimum Gasteiger partial charge on any atom is -0.332 e. The molecular formula is C18H16N6O. The van der Waals surface area contributed by atoms with Crippen LogP contribution in [0.25, 0.3) is 11.3 Å². The van der Waals surface area contributed by atoms with E-state index >= 15 is 0 Å². The zero-order valence-electron chi connectivity index (χ0n) is 13.7. The van der Waals surface area contributed by atoms with E-state index in [1.165, 1.54) is 0 Å². The Kier molecular flexibility index (Phi) is 3.58. The van der Waals surface area contributed by atoms with Crippen LogP contribution >= 0.6 is 0 Å². The summed E-state index contributed by atoms with van der Waals surface area (Å²) in [7, 11) is 1.81. The Morgan fingerprint density at radius 1 is 1.40 bits per heavy atom. The van der Waals surface area contributed by atoms with Gasteiger partial charge in [-0.05, 0) is 12.1 Å². The number of hydrogen-bond donors (Lipinski definition) is 1. The molecule has 0 bridgehead atoms. The monoisotopic (exact) mass is 332 g/mol. The molecule has 3 heterocycles. The summed E-state index contributed by atoms with van der Waals surface area (Å²) in [5.41, 5.74) is 4.90. The van der Waals surface area contributed by atoms with Crippen LogP contribution in [0, 0.1) is 11.3 Å². The van der Waals surface area contributed by atoms with E-state index in [4.69, 9.17) is 5.26 Å². The number of amides is 1. The summed E-state index contributed by atoms with van der Waals surface area (Å²) >= 11 is 0. The van der Waals surface area contributed by atoms with Gasteiger partial charge in [0, 0.05) is 36.8 Å². The third-order valence-corrected chi connectivity index (χ3v) is 4.52. The number of aromatic amines is 1. The van der Waals surface area contributed by atoms with Crippen molar-refractivity contribution in [3.63, 3.8) is 0 Å². The second-order valence-electron chi connectivity index (χ2n) is 6.09. The molecule has 0 aliphatic carbocycles. The third-order valence-electron chi connectivity index (χ3n) is 4.52. The number of hydrogen-bond acceptors (Lipinski definition) is 4. The molecule has 1 amide bonds. The third kappa shape index (κ3) is 2.58. The van der Waals surface area contributed by atoms with Crippen molar-refractivity contribution in [1.29, 1.82) is 5.26 Å². The largest absolute Gasteiger partial charge is 0.332 e. The standard InChI is InChI=1S/C18H16N6O/c1-23-11-20-9-16(23)18(25)24-6-5-15-14(10-24)17(22-21-15)13-4-2-3-12(7-13)8-19/h2-4,7,9,11H,5-6,10H2,1H3,(H,21,22). The van der Waals surface area contributed by atoms with Crippen molar-refractivity contribution in [3.8, 4) is 17.3 Å². The molecule has 0 saturated heterocycles. The summed E-state index contributed by atoms with van der Waals surface area (Å²) in [6, 6.07) is 9.50. The Morgan fingerprint density at radius 2 is 2.28 bits per heavy atom. The van der Waals surface area contributed by atoms with Crippen LogP contribution < -0.4 is 0 Å². The summed E-state index contributed by atoms with van der Waals surface area (Å²) in [4.78, 5) is 18.6. The Morgan fingerprint density at radius 3 is 3.04 bits per heavy atom. The lowest BCUT2D eigenvalue weighted by molar-refractivity contribution is 0.0725. The van der Waals surface area contributed by atoms with Crippen molar-refractivity contribution in [2.75, 3.05) is 6.54 Å². The summed E-state index contributed by atoms with van der Waals surface area (Å²) in [5.74, 6) is -0.0384. The molecule has 0 saturated carbocycles. The normalized spacial score (nSPS) is 13.4. The molecular weight excluding hydrogens is 316 g/mol. The minimum atomic E-state index is -0.0384. The Bertz CT molecular complexity index is 993. The molecule has 1 aliphatic heterocycles. The van der Waals surface area contributed by atoms with E-state index in [1.807, 2.05) is 30.1 Å². The van der Waals surface area contributed by atoms with Crippen molar-refractivity contribution < 1.29 is 4.79 Å². The molecule has 0 unspecified atom stereocenters. The molecule has 1 N–H and O–H groups in total. The van der Waals surface area contributed by atoms with Gasteiger partial charge in [0.25, 0.3) is 5.91 Å². The number of aryl methyl sites for hydroxylation is 1. The highest BCUT2D eigenvalue weighted by atomic mass is 16.2. The van der Waals surface area contributed by atoms with Crippen LogP contribution in [0.3, 0.4) is 0 Å². The predicted octanol–water partition coefficient (Wildman–Crippen LogP) is 1.88. The van der Waals surface area contributed by atoms with Gasteiger partial charge < -0.3 is 9.47 Å². The Labute approximate surface area is 144 Å². The highest BCUT2D eigenvalue weighted by Crippen LogP contribution is 2.29. The van der Waals surface area contributed by atoms with Crippen molar-refractivity contribution in [2.24, 2.45) is 7.05 Å². The number of carbonyl (C=O) groups is 1. The molecule has 0 atom stereocenters. The summed E-state index contributed by atoms with van der Waals surface area (Å²) < 4.78 is 1.73. The number of fused-ring (bicyclic) bond motifs is 1. The van der Waals surface area contributed by atoms with E-state index in [0.29, 0.717) is 24.3 Å². The number of nitriles is 1. The maximum absolute atomic E-state index is 12.8. The van der Waals surface area contributed by atoms with Gasteiger partial charge in [-0.25, -0.2) is 4.98 Å². The molecule has 0 spiro atoms. The average molecular weight is 332 g/mol. The number of nitrogens with zero attached hydrogens (tertiary/aromatic N) is 5. The number of nitrogens with one attached hydrogen (secondary N) is 1. The lowest BCUT2D eigenvalue weighted by Crippen LogP contribution is -2.36. The molecule has 7 heteroatoms. The lowest BCUT2D eigenvalue weighted by atomic mass is 10.00. The molecule has 2 aromatic heterocycles. The van der Waals surface area contributed by atoms with Gasteiger partial charge in [0.05, 0.1) is 36.4 Å². The molecule has 1 aromatic carbocycles. The van der Waals surface area contributed by atoms with Gasteiger partial charge in [-0.1, -0.05) is 12.1 Å². The molecule has 4 rings (SSSR count). The number of carbonyl (C=O) groups excluding carboxylic acids is 1. The number of aromatic nitrogens is 4. The van der Waals surface area contributed by atoms with Gasteiger partial charge in [0.2, 0.25) is 0 Å².